The molecule has 134 valence electrons. The van der Waals surface area contributed by atoms with Gasteiger partial charge in [0, 0.05) is 23.7 Å². The van der Waals surface area contributed by atoms with Crippen molar-refractivity contribution in [3.63, 3.8) is 0 Å². The van der Waals surface area contributed by atoms with Gasteiger partial charge in [-0.05, 0) is 36.8 Å². The molecule has 8 heteroatoms. The number of amides is 2. The number of benzene rings is 1. The Bertz CT molecular complexity index is 898. The van der Waals surface area contributed by atoms with Crippen LogP contribution in [0, 0.1) is 0 Å². The SMILES string of the molecule is CC1c2cc(Cl)ccc2C(=O)N1c1cncc(NC2CN(C(=O)O)C2)c1. The first-order valence-electron chi connectivity index (χ1n) is 8.26. The molecule has 0 aliphatic carbocycles. The quantitative estimate of drug-likeness (QED) is 0.863. The summed E-state index contributed by atoms with van der Waals surface area (Å²) in [7, 11) is 0. The molecule has 3 heterocycles. The number of fused-ring (bicyclic) bond motifs is 1. The number of nitrogens with one attached hydrogen (secondary N) is 1. The molecule has 0 radical (unpaired) electrons. The van der Waals surface area contributed by atoms with Crippen molar-refractivity contribution in [2.24, 2.45) is 0 Å². The maximum absolute atomic E-state index is 12.8. The van der Waals surface area contributed by atoms with Gasteiger partial charge >= 0.3 is 6.09 Å². The molecule has 0 saturated carbocycles. The fourth-order valence-corrected chi connectivity index (χ4v) is 3.64. The van der Waals surface area contributed by atoms with E-state index in [4.69, 9.17) is 16.7 Å². The minimum Gasteiger partial charge on any atom is -0.465 e. The molecule has 7 nitrogen and oxygen atoms in total. The third-order valence-corrected chi connectivity index (χ3v) is 5.06. The largest absolute Gasteiger partial charge is 0.465 e. The van der Waals surface area contributed by atoms with Gasteiger partial charge in [0.05, 0.1) is 35.9 Å². The Kier molecular flexibility index (Phi) is 3.96. The van der Waals surface area contributed by atoms with Crippen LogP contribution >= 0.6 is 11.6 Å². The number of carbonyl (C=O) groups is 2. The molecule has 2 amide bonds. The van der Waals surface area contributed by atoms with E-state index in [-0.39, 0.29) is 18.0 Å². The fraction of sp³-hybridized carbons (Fsp3) is 0.278. The van der Waals surface area contributed by atoms with Crippen LogP contribution in [0.1, 0.15) is 28.9 Å². The van der Waals surface area contributed by atoms with Crippen LogP contribution in [0.3, 0.4) is 0 Å². The van der Waals surface area contributed by atoms with Crippen LogP contribution in [0.5, 0.6) is 0 Å². The number of pyridine rings is 1. The van der Waals surface area contributed by atoms with E-state index in [0.717, 1.165) is 11.3 Å². The highest BCUT2D eigenvalue weighted by Crippen LogP contribution is 2.38. The lowest BCUT2D eigenvalue weighted by Gasteiger charge is -2.38. The second-order valence-electron chi connectivity index (χ2n) is 6.54. The van der Waals surface area contributed by atoms with Gasteiger partial charge < -0.3 is 15.3 Å². The first-order chi connectivity index (χ1) is 12.4. The zero-order valence-corrected chi connectivity index (χ0v) is 14.8. The number of likely N-dealkylation sites (tertiary alicyclic amines) is 1. The number of carboxylic acid groups (broad SMARTS) is 1. The summed E-state index contributed by atoms with van der Waals surface area (Å²) in [4.78, 5) is 30.9. The van der Waals surface area contributed by atoms with E-state index in [2.05, 4.69) is 10.3 Å². The van der Waals surface area contributed by atoms with Gasteiger partial charge in [-0.2, -0.15) is 0 Å². The smallest absolute Gasteiger partial charge is 0.407 e. The number of halogens is 1. The Morgan fingerprint density at radius 1 is 1.31 bits per heavy atom. The van der Waals surface area contributed by atoms with E-state index in [1.807, 2.05) is 19.1 Å². The molecule has 2 aliphatic heterocycles. The normalized spacial score (nSPS) is 19.3. The fourth-order valence-electron chi connectivity index (χ4n) is 3.46. The number of nitrogens with zero attached hydrogens (tertiary/aromatic N) is 3. The predicted molar refractivity (Wildman–Crippen MR) is 97.9 cm³/mol. The van der Waals surface area contributed by atoms with Crippen molar-refractivity contribution in [3.8, 4) is 0 Å². The Balaban J connectivity index is 1.54. The molecule has 0 spiro atoms. The number of aromatic nitrogens is 1. The highest BCUT2D eigenvalue weighted by molar-refractivity contribution is 6.31. The molecule has 1 unspecified atom stereocenters. The summed E-state index contributed by atoms with van der Waals surface area (Å²) in [6.45, 7) is 2.82. The van der Waals surface area contributed by atoms with Crippen LogP contribution in [-0.2, 0) is 0 Å². The first kappa shape index (κ1) is 16.7. The molecule has 2 aromatic rings. The lowest BCUT2D eigenvalue weighted by atomic mass is 10.1. The van der Waals surface area contributed by atoms with E-state index < -0.39 is 6.09 Å². The maximum Gasteiger partial charge on any atom is 0.407 e. The lowest BCUT2D eigenvalue weighted by Crippen LogP contribution is -2.56. The van der Waals surface area contributed by atoms with Crippen LogP contribution in [0.15, 0.2) is 36.7 Å². The zero-order chi connectivity index (χ0) is 18.4. The van der Waals surface area contributed by atoms with Gasteiger partial charge in [-0.25, -0.2) is 4.79 Å². The molecule has 1 fully saturated rings. The number of carbonyl (C=O) groups excluding carboxylic acids is 1. The number of rotatable bonds is 3. The number of anilines is 2. The molecule has 4 rings (SSSR count). The van der Waals surface area contributed by atoms with Crippen molar-refractivity contribution < 1.29 is 14.7 Å². The molecule has 0 bridgehead atoms. The summed E-state index contributed by atoms with van der Waals surface area (Å²) >= 11 is 6.07. The van der Waals surface area contributed by atoms with Crippen molar-refractivity contribution in [3.05, 3.63) is 52.8 Å². The molecule has 26 heavy (non-hydrogen) atoms. The lowest BCUT2D eigenvalue weighted by molar-refractivity contribution is 0.0991. The minimum absolute atomic E-state index is 0.0471. The van der Waals surface area contributed by atoms with Crippen LogP contribution in [0.2, 0.25) is 5.02 Å². The summed E-state index contributed by atoms with van der Waals surface area (Å²) < 4.78 is 0. The van der Waals surface area contributed by atoms with E-state index in [1.165, 1.54) is 4.90 Å². The van der Waals surface area contributed by atoms with Crippen molar-refractivity contribution in [1.29, 1.82) is 0 Å². The molecule has 1 aromatic carbocycles. The molecule has 1 atom stereocenters. The number of hydrogen-bond acceptors (Lipinski definition) is 4. The average molecular weight is 373 g/mol. The Labute approximate surface area is 155 Å². The topological polar surface area (TPSA) is 85.8 Å². The summed E-state index contributed by atoms with van der Waals surface area (Å²) in [5, 5.41) is 12.8. The average Bonchev–Trinajstić information content (AvgIpc) is 2.81. The molecule has 1 aromatic heterocycles. The maximum atomic E-state index is 12.8. The molecular formula is C18H17ClN4O3. The summed E-state index contributed by atoms with van der Waals surface area (Å²) in [6.07, 6.45) is 2.40. The highest BCUT2D eigenvalue weighted by Gasteiger charge is 2.35. The van der Waals surface area contributed by atoms with Gasteiger partial charge in [-0.15, -0.1) is 0 Å². The van der Waals surface area contributed by atoms with E-state index in [9.17, 15) is 9.59 Å². The van der Waals surface area contributed by atoms with Gasteiger partial charge in [0.1, 0.15) is 0 Å². The highest BCUT2D eigenvalue weighted by atomic mass is 35.5. The molecule has 2 N–H and O–H groups in total. The van der Waals surface area contributed by atoms with Crippen molar-refractivity contribution >= 4 is 35.0 Å². The Hall–Kier alpha value is -2.80. The molecule has 1 saturated heterocycles. The van der Waals surface area contributed by atoms with Crippen LogP contribution in [-0.4, -0.2) is 46.1 Å². The Morgan fingerprint density at radius 3 is 2.81 bits per heavy atom. The van der Waals surface area contributed by atoms with Gasteiger partial charge in [0.2, 0.25) is 0 Å². The third-order valence-electron chi connectivity index (χ3n) is 4.83. The second-order valence-corrected chi connectivity index (χ2v) is 6.98. The van der Waals surface area contributed by atoms with E-state index in [0.29, 0.717) is 29.4 Å². The second kappa shape index (κ2) is 6.17. The standard InChI is InChI=1S/C18H17ClN4O3/c1-10-16-4-11(19)2-3-15(16)17(24)23(10)14-5-12(6-20-7-14)21-13-8-22(9-13)18(25)26/h2-7,10,13,21H,8-9H2,1H3,(H,25,26). The first-order valence-corrected chi connectivity index (χ1v) is 8.64. The summed E-state index contributed by atoms with van der Waals surface area (Å²) in [5.74, 6) is -0.0798. The van der Waals surface area contributed by atoms with Gasteiger partial charge in [-0.1, -0.05) is 11.6 Å². The van der Waals surface area contributed by atoms with E-state index in [1.54, 1.807) is 29.4 Å². The summed E-state index contributed by atoms with van der Waals surface area (Å²) in [5.41, 5.74) is 2.99. The number of hydrogen-bond donors (Lipinski definition) is 2. The van der Waals surface area contributed by atoms with Crippen LogP contribution < -0.4 is 10.2 Å². The molecular weight excluding hydrogens is 356 g/mol. The van der Waals surface area contributed by atoms with Crippen molar-refractivity contribution in [2.45, 2.75) is 19.0 Å². The summed E-state index contributed by atoms with van der Waals surface area (Å²) in [6, 6.07) is 7.06. The third kappa shape index (κ3) is 2.74. The van der Waals surface area contributed by atoms with Crippen molar-refractivity contribution in [2.75, 3.05) is 23.3 Å². The van der Waals surface area contributed by atoms with E-state index >= 15 is 0 Å². The monoisotopic (exact) mass is 372 g/mol. The minimum atomic E-state index is -0.914. The van der Waals surface area contributed by atoms with Crippen LogP contribution in [0.4, 0.5) is 16.2 Å². The van der Waals surface area contributed by atoms with Crippen LogP contribution in [0.25, 0.3) is 0 Å². The molecule has 2 aliphatic rings. The predicted octanol–water partition coefficient (Wildman–Crippen LogP) is 3.23. The van der Waals surface area contributed by atoms with Gasteiger partial charge in [0.15, 0.2) is 0 Å². The zero-order valence-electron chi connectivity index (χ0n) is 14.0. The Morgan fingerprint density at radius 2 is 2.08 bits per heavy atom. The van der Waals surface area contributed by atoms with Gasteiger partial charge in [0.25, 0.3) is 5.91 Å². The van der Waals surface area contributed by atoms with Crippen molar-refractivity contribution in [1.82, 2.24) is 9.88 Å². The van der Waals surface area contributed by atoms with Gasteiger partial charge in [-0.3, -0.25) is 14.7 Å².